The van der Waals surface area contributed by atoms with Crippen molar-refractivity contribution in [3.05, 3.63) is 0 Å². The standard InChI is InChI=1S/C14H30N2O2/c1-11(2)8-9-16(7)12(3)10-15-13(17)18-14(4,5)6/h11-12H,8-10H2,1-7H3,(H,15,17). The van der Waals surface area contributed by atoms with Crippen LogP contribution in [0.1, 0.15) is 48.0 Å². The molecule has 0 saturated carbocycles. The topological polar surface area (TPSA) is 41.6 Å². The van der Waals surface area contributed by atoms with Gasteiger partial charge in [-0.15, -0.1) is 0 Å². The molecule has 0 saturated heterocycles. The molecule has 0 heterocycles. The largest absolute Gasteiger partial charge is 0.444 e. The Hall–Kier alpha value is -0.770. The van der Waals surface area contributed by atoms with E-state index in [0.29, 0.717) is 18.5 Å². The molecule has 4 heteroatoms. The lowest BCUT2D eigenvalue weighted by atomic mass is 10.1. The average molecular weight is 258 g/mol. The highest BCUT2D eigenvalue weighted by molar-refractivity contribution is 5.67. The van der Waals surface area contributed by atoms with Crippen molar-refractivity contribution in [3.8, 4) is 0 Å². The minimum Gasteiger partial charge on any atom is -0.444 e. The first-order valence-corrected chi connectivity index (χ1v) is 6.79. The van der Waals surface area contributed by atoms with E-state index < -0.39 is 5.60 Å². The first kappa shape index (κ1) is 17.2. The lowest BCUT2D eigenvalue weighted by Gasteiger charge is -2.26. The van der Waals surface area contributed by atoms with E-state index in [-0.39, 0.29) is 6.09 Å². The Morgan fingerprint density at radius 3 is 2.28 bits per heavy atom. The fraction of sp³-hybridized carbons (Fsp3) is 0.929. The Balaban J connectivity index is 3.88. The third kappa shape index (κ3) is 9.28. The quantitative estimate of drug-likeness (QED) is 0.796. The van der Waals surface area contributed by atoms with E-state index in [0.717, 1.165) is 6.54 Å². The second-order valence-corrected chi connectivity index (χ2v) is 6.39. The zero-order chi connectivity index (χ0) is 14.3. The predicted molar refractivity (Wildman–Crippen MR) is 75.8 cm³/mol. The van der Waals surface area contributed by atoms with Crippen LogP contribution in [0, 0.1) is 5.92 Å². The van der Waals surface area contributed by atoms with Gasteiger partial charge in [0.25, 0.3) is 0 Å². The van der Waals surface area contributed by atoms with Crippen molar-refractivity contribution in [3.63, 3.8) is 0 Å². The molecule has 108 valence electrons. The molecule has 4 nitrogen and oxygen atoms in total. The Labute approximate surface area is 112 Å². The first-order valence-electron chi connectivity index (χ1n) is 6.79. The summed E-state index contributed by atoms with van der Waals surface area (Å²) < 4.78 is 5.20. The number of alkyl carbamates (subject to hydrolysis) is 1. The van der Waals surface area contributed by atoms with E-state index in [1.165, 1.54) is 6.42 Å². The van der Waals surface area contributed by atoms with E-state index in [1.807, 2.05) is 20.8 Å². The maximum atomic E-state index is 11.5. The van der Waals surface area contributed by atoms with Crippen LogP contribution in [0.5, 0.6) is 0 Å². The van der Waals surface area contributed by atoms with Crippen molar-refractivity contribution >= 4 is 6.09 Å². The molecule has 0 aromatic heterocycles. The van der Waals surface area contributed by atoms with Gasteiger partial charge in [-0.25, -0.2) is 4.79 Å². The highest BCUT2D eigenvalue weighted by Gasteiger charge is 2.17. The molecular weight excluding hydrogens is 228 g/mol. The lowest BCUT2D eigenvalue weighted by Crippen LogP contribution is -2.42. The molecule has 0 spiro atoms. The van der Waals surface area contributed by atoms with Crippen LogP contribution in [0.3, 0.4) is 0 Å². The molecule has 0 fully saturated rings. The molecule has 0 aromatic carbocycles. The molecule has 0 bridgehead atoms. The molecule has 1 amide bonds. The van der Waals surface area contributed by atoms with E-state index in [9.17, 15) is 4.79 Å². The SMILES string of the molecule is CC(C)CCN(C)C(C)CNC(=O)OC(C)(C)C. The number of carbonyl (C=O) groups excluding carboxylic acids is 1. The molecule has 1 N–H and O–H groups in total. The maximum Gasteiger partial charge on any atom is 0.407 e. The smallest absolute Gasteiger partial charge is 0.407 e. The molecular formula is C14H30N2O2. The molecule has 0 aliphatic rings. The number of likely N-dealkylation sites (N-methyl/N-ethyl adjacent to an activating group) is 1. The highest BCUT2D eigenvalue weighted by Crippen LogP contribution is 2.07. The van der Waals surface area contributed by atoms with Gasteiger partial charge in [-0.1, -0.05) is 13.8 Å². The van der Waals surface area contributed by atoms with Gasteiger partial charge in [0, 0.05) is 12.6 Å². The fourth-order valence-corrected chi connectivity index (χ4v) is 1.38. The minimum absolute atomic E-state index is 0.316. The predicted octanol–water partition coefficient (Wildman–Crippen LogP) is 2.88. The number of carbonyl (C=O) groups is 1. The van der Waals surface area contributed by atoms with Gasteiger partial charge in [0.2, 0.25) is 0 Å². The number of hydrogen-bond donors (Lipinski definition) is 1. The summed E-state index contributed by atoms with van der Waals surface area (Å²) in [6.45, 7) is 13.8. The fourth-order valence-electron chi connectivity index (χ4n) is 1.38. The number of nitrogens with one attached hydrogen (secondary N) is 1. The van der Waals surface area contributed by atoms with Crippen LogP contribution < -0.4 is 5.32 Å². The van der Waals surface area contributed by atoms with Crippen molar-refractivity contribution in [2.45, 2.75) is 59.6 Å². The van der Waals surface area contributed by atoms with Crippen molar-refractivity contribution in [1.82, 2.24) is 10.2 Å². The minimum atomic E-state index is -0.434. The number of nitrogens with zero attached hydrogens (tertiary/aromatic N) is 1. The third-order valence-corrected chi connectivity index (χ3v) is 2.75. The first-order chi connectivity index (χ1) is 8.11. The summed E-state index contributed by atoms with van der Waals surface area (Å²) in [7, 11) is 2.09. The van der Waals surface area contributed by atoms with Crippen LogP contribution in [0.4, 0.5) is 4.79 Å². The van der Waals surface area contributed by atoms with E-state index in [4.69, 9.17) is 4.74 Å². The van der Waals surface area contributed by atoms with Gasteiger partial charge in [-0.3, -0.25) is 0 Å². The molecule has 0 rings (SSSR count). The Morgan fingerprint density at radius 2 is 1.83 bits per heavy atom. The van der Waals surface area contributed by atoms with Crippen molar-refractivity contribution in [2.75, 3.05) is 20.1 Å². The Morgan fingerprint density at radius 1 is 1.28 bits per heavy atom. The monoisotopic (exact) mass is 258 g/mol. The third-order valence-electron chi connectivity index (χ3n) is 2.75. The molecule has 0 aliphatic heterocycles. The van der Waals surface area contributed by atoms with Crippen molar-refractivity contribution in [1.29, 1.82) is 0 Å². The average Bonchev–Trinajstić information content (AvgIpc) is 2.19. The van der Waals surface area contributed by atoms with E-state index in [1.54, 1.807) is 0 Å². The summed E-state index contributed by atoms with van der Waals surface area (Å²) in [6.07, 6.45) is 0.833. The van der Waals surface area contributed by atoms with Crippen LogP contribution in [0.15, 0.2) is 0 Å². The van der Waals surface area contributed by atoms with Gasteiger partial charge in [0.15, 0.2) is 0 Å². The van der Waals surface area contributed by atoms with Crippen LogP contribution in [0.2, 0.25) is 0 Å². The summed E-state index contributed by atoms with van der Waals surface area (Å²) in [4.78, 5) is 13.8. The van der Waals surface area contributed by atoms with E-state index >= 15 is 0 Å². The molecule has 0 radical (unpaired) electrons. The number of hydrogen-bond acceptors (Lipinski definition) is 3. The zero-order valence-electron chi connectivity index (χ0n) is 13.0. The van der Waals surface area contributed by atoms with Gasteiger partial charge in [-0.05, 0) is 53.6 Å². The summed E-state index contributed by atoms with van der Waals surface area (Å²) in [5, 5.41) is 2.80. The molecule has 0 aromatic rings. The molecule has 18 heavy (non-hydrogen) atoms. The summed E-state index contributed by atoms with van der Waals surface area (Å²) in [5.74, 6) is 0.707. The van der Waals surface area contributed by atoms with Gasteiger partial charge >= 0.3 is 6.09 Å². The van der Waals surface area contributed by atoms with Crippen LogP contribution >= 0.6 is 0 Å². The highest BCUT2D eigenvalue weighted by atomic mass is 16.6. The lowest BCUT2D eigenvalue weighted by molar-refractivity contribution is 0.0513. The summed E-state index contributed by atoms with van der Waals surface area (Å²) in [6, 6.07) is 0.316. The van der Waals surface area contributed by atoms with Gasteiger partial charge < -0.3 is 15.0 Å². The maximum absolute atomic E-state index is 11.5. The number of amides is 1. The summed E-state index contributed by atoms with van der Waals surface area (Å²) in [5.41, 5.74) is -0.434. The second kappa shape index (κ2) is 7.62. The molecule has 1 unspecified atom stereocenters. The van der Waals surface area contributed by atoms with Gasteiger partial charge in [-0.2, -0.15) is 0 Å². The van der Waals surface area contributed by atoms with Gasteiger partial charge in [0.1, 0.15) is 5.60 Å². The molecule has 0 aliphatic carbocycles. The zero-order valence-corrected chi connectivity index (χ0v) is 13.0. The Kier molecular flexibility index (Phi) is 7.29. The van der Waals surface area contributed by atoms with Crippen molar-refractivity contribution in [2.24, 2.45) is 5.92 Å². The van der Waals surface area contributed by atoms with Crippen LogP contribution in [-0.4, -0.2) is 42.8 Å². The normalized spacial score (nSPS) is 13.8. The second-order valence-electron chi connectivity index (χ2n) is 6.39. The van der Waals surface area contributed by atoms with Crippen LogP contribution in [0.25, 0.3) is 0 Å². The van der Waals surface area contributed by atoms with Crippen molar-refractivity contribution < 1.29 is 9.53 Å². The van der Waals surface area contributed by atoms with Gasteiger partial charge in [0.05, 0.1) is 0 Å². The number of rotatable bonds is 6. The Bertz CT molecular complexity index is 247. The number of ether oxygens (including phenoxy) is 1. The van der Waals surface area contributed by atoms with Crippen LogP contribution in [-0.2, 0) is 4.74 Å². The molecule has 1 atom stereocenters. The summed E-state index contributed by atoms with van der Waals surface area (Å²) >= 11 is 0. The van der Waals surface area contributed by atoms with E-state index in [2.05, 4.69) is 38.0 Å².